The highest BCUT2D eigenvalue weighted by atomic mass is 16.3. The lowest BCUT2D eigenvalue weighted by molar-refractivity contribution is -0.127. The molecule has 0 spiro atoms. The van der Waals surface area contributed by atoms with E-state index in [-0.39, 0.29) is 12.5 Å². The second-order valence-electron chi connectivity index (χ2n) is 7.10. The Labute approximate surface area is 123 Å². The highest BCUT2D eigenvalue weighted by Gasteiger charge is 2.33. The van der Waals surface area contributed by atoms with Crippen LogP contribution in [0.25, 0.3) is 0 Å². The Balaban J connectivity index is 1.94. The van der Waals surface area contributed by atoms with E-state index < -0.39 is 0 Å². The average Bonchev–Trinajstić information content (AvgIpc) is 2.94. The molecule has 0 radical (unpaired) electrons. The minimum atomic E-state index is 0.211. The lowest BCUT2D eigenvalue weighted by atomic mass is 9.75. The zero-order chi connectivity index (χ0) is 14.5. The fourth-order valence-electron chi connectivity index (χ4n) is 4.03. The number of hydrogen-bond donors (Lipinski definition) is 1. The Morgan fingerprint density at radius 2 is 1.95 bits per heavy atom. The number of carbonyl (C=O) groups is 1. The van der Waals surface area contributed by atoms with Gasteiger partial charge in [-0.25, -0.2) is 0 Å². The van der Waals surface area contributed by atoms with Crippen LogP contribution in [-0.2, 0) is 4.79 Å². The van der Waals surface area contributed by atoms with Gasteiger partial charge in [-0.1, -0.05) is 26.7 Å². The van der Waals surface area contributed by atoms with E-state index in [2.05, 4.69) is 18.7 Å². The molecular weight excluding hydrogens is 250 g/mol. The van der Waals surface area contributed by atoms with Gasteiger partial charge in [0, 0.05) is 31.5 Å². The summed E-state index contributed by atoms with van der Waals surface area (Å²) in [7, 11) is 0. The van der Waals surface area contributed by atoms with Crippen molar-refractivity contribution in [3.8, 4) is 0 Å². The summed E-state index contributed by atoms with van der Waals surface area (Å²) < 4.78 is 0. The summed E-state index contributed by atoms with van der Waals surface area (Å²) in [6, 6.07) is 0.606. The largest absolute Gasteiger partial charge is 0.395 e. The maximum absolute atomic E-state index is 12.2. The first-order valence-corrected chi connectivity index (χ1v) is 8.49. The van der Waals surface area contributed by atoms with E-state index in [1.54, 1.807) is 0 Å². The molecule has 0 aromatic heterocycles. The van der Waals surface area contributed by atoms with Crippen molar-refractivity contribution in [1.82, 2.24) is 4.90 Å². The standard InChI is InChI=1S/C17H31NO2/c1-13(2)14-7-8-17(20)15(11-14)12-18(9-10-19)16-5-3-4-6-16/h13-16,19H,3-12H2,1-2H3. The molecule has 2 rings (SSSR count). The number of nitrogens with zero attached hydrogens (tertiary/aromatic N) is 1. The molecule has 3 heteroatoms. The van der Waals surface area contributed by atoms with Gasteiger partial charge in [0.2, 0.25) is 0 Å². The van der Waals surface area contributed by atoms with Gasteiger partial charge in [0.05, 0.1) is 6.61 Å². The van der Waals surface area contributed by atoms with Crippen molar-refractivity contribution >= 4 is 5.78 Å². The summed E-state index contributed by atoms with van der Waals surface area (Å²) in [5, 5.41) is 9.31. The molecule has 0 aromatic rings. The molecule has 0 amide bonds. The van der Waals surface area contributed by atoms with Gasteiger partial charge < -0.3 is 5.11 Å². The van der Waals surface area contributed by atoms with Crippen LogP contribution < -0.4 is 0 Å². The molecule has 2 aliphatic carbocycles. The molecule has 2 aliphatic rings. The molecule has 1 N–H and O–H groups in total. The molecule has 0 aromatic carbocycles. The smallest absolute Gasteiger partial charge is 0.137 e. The normalized spacial score (nSPS) is 28.8. The lowest BCUT2D eigenvalue weighted by Gasteiger charge is -2.36. The van der Waals surface area contributed by atoms with Crippen LogP contribution in [0.1, 0.15) is 58.8 Å². The van der Waals surface area contributed by atoms with Crippen molar-refractivity contribution in [3.63, 3.8) is 0 Å². The van der Waals surface area contributed by atoms with E-state index in [1.807, 2.05) is 0 Å². The second kappa shape index (κ2) is 7.56. The van der Waals surface area contributed by atoms with Crippen LogP contribution in [0.2, 0.25) is 0 Å². The van der Waals surface area contributed by atoms with Gasteiger partial charge in [-0.15, -0.1) is 0 Å². The van der Waals surface area contributed by atoms with Crippen LogP contribution in [0.5, 0.6) is 0 Å². The van der Waals surface area contributed by atoms with Gasteiger partial charge in [0.15, 0.2) is 0 Å². The Kier molecular flexibility index (Phi) is 6.03. The number of aliphatic hydroxyl groups excluding tert-OH is 1. The molecule has 0 saturated heterocycles. The molecule has 2 unspecified atom stereocenters. The van der Waals surface area contributed by atoms with E-state index in [1.165, 1.54) is 25.7 Å². The third-order valence-corrected chi connectivity index (χ3v) is 5.43. The topological polar surface area (TPSA) is 40.5 Å². The molecule has 0 bridgehead atoms. The first-order chi connectivity index (χ1) is 9.61. The average molecular weight is 281 g/mol. The Morgan fingerprint density at radius 3 is 2.55 bits per heavy atom. The maximum atomic E-state index is 12.2. The molecule has 2 fully saturated rings. The molecule has 116 valence electrons. The van der Waals surface area contributed by atoms with Gasteiger partial charge in [-0.3, -0.25) is 9.69 Å². The third-order valence-electron chi connectivity index (χ3n) is 5.43. The number of rotatable bonds is 6. The van der Waals surface area contributed by atoms with Crippen LogP contribution in [0, 0.1) is 17.8 Å². The van der Waals surface area contributed by atoms with Crippen molar-refractivity contribution < 1.29 is 9.90 Å². The Morgan fingerprint density at radius 1 is 1.25 bits per heavy atom. The van der Waals surface area contributed by atoms with E-state index >= 15 is 0 Å². The van der Waals surface area contributed by atoms with Crippen LogP contribution >= 0.6 is 0 Å². The van der Waals surface area contributed by atoms with Gasteiger partial charge in [-0.2, -0.15) is 0 Å². The molecule has 0 aliphatic heterocycles. The summed E-state index contributed by atoms with van der Waals surface area (Å²) in [4.78, 5) is 14.6. The Hall–Kier alpha value is -0.410. The van der Waals surface area contributed by atoms with Crippen LogP contribution in [0.15, 0.2) is 0 Å². The molecule has 0 heterocycles. The number of ketones is 1. The summed E-state index contributed by atoms with van der Waals surface area (Å²) >= 11 is 0. The van der Waals surface area contributed by atoms with Crippen molar-refractivity contribution in [3.05, 3.63) is 0 Å². The van der Waals surface area contributed by atoms with E-state index in [4.69, 9.17) is 0 Å². The predicted octanol–water partition coefficient (Wildman–Crippen LogP) is 2.86. The zero-order valence-corrected chi connectivity index (χ0v) is 13.2. The fourth-order valence-corrected chi connectivity index (χ4v) is 4.03. The van der Waals surface area contributed by atoms with Gasteiger partial charge >= 0.3 is 0 Å². The fraction of sp³-hybridized carbons (Fsp3) is 0.941. The van der Waals surface area contributed by atoms with Gasteiger partial charge in [0.25, 0.3) is 0 Å². The van der Waals surface area contributed by atoms with E-state index in [0.29, 0.717) is 23.7 Å². The first kappa shape index (κ1) is 16.0. The maximum Gasteiger partial charge on any atom is 0.137 e. The number of aliphatic hydroxyl groups is 1. The molecular formula is C17H31NO2. The lowest BCUT2D eigenvalue weighted by Crippen LogP contribution is -2.43. The van der Waals surface area contributed by atoms with E-state index in [9.17, 15) is 9.90 Å². The van der Waals surface area contributed by atoms with Crippen molar-refractivity contribution in [2.45, 2.75) is 64.8 Å². The summed E-state index contributed by atoms with van der Waals surface area (Å²) in [5.41, 5.74) is 0. The number of carbonyl (C=O) groups excluding carboxylic acids is 1. The van der Waals surface area contributed by atoms with E-state index in [0.717, 1.165) is 32.4 Å². The van der Waals surface area contributed by atoms with Crippen LogP contribution in [-0.4, -0.2) is 41.5 Å². The van der Waals surface area contributed by atoms with Crippen molar-refractivity contribution in [2.75, 3.05) is 19.7 Å². The predicted molar refractivity (Wildman–Crippen MR) is 81.6 cm³/mol. The van der Waals surface area contributed by atoms with Crippen LogP contribution in [0.3, 0.4) is 0 Å². The van der Waals surface area contributed by atoms with Crippen LogP contribution in [0.4, 0.5) is 0 Å². The minimum absolute atomic E-state index is 0.211. The highest BCUT2D eigenvalue weighted by molar-refractivity contribution is 5.82. The zero-order valence-electron chi connectivity index (χ0n) is 13.2. The highest BCUT2D eigenvalue weighted by Crippen LogP contribution is 2.33. The van der Waals surface area contributed by atoms with Gasteiger partial charge in [0.1, 0.15) is 5.78 Å². The third kappa shape index (κ3) is 4.05. The van der Waals surface area contributed by atoms with Gasteiger partial charge in [-0.05, 0) is 37.5 Å². The summed E-state index contributed by atoms with van der Waals surface area (Å²) in [6.07, 6.45) is 8.01. The monoisotopic (exact) mass is 281 g/mol. The quantitative estimate of drug-likeness (QED) is 0.814. The molecule has 20 heavy (non-hydrogen) atoms. The SMILES string of the molecule is CC(C)C1CCC(=O)C(CN(CCO)C2CCCC2)C1. The molecule has 2 saturated carbocycles. The first-order valence-electron chi connectivity index (χ1n) is 8.49. The summed E-state index contributed by atoms with van der Waals surface area (Å²) in [6.45, 7) is 6.39. The molecule has 2 atom stereocenters. The van der Waals surface area contributed by atoms with Crippen molar-refractivity contribution in [2.24, 2.45) is 17.8 Å². The second-order valence-corrected chi connectivity index (χ2v) is 7.10. The number of hydrogen-bond acceptors (Lipinski definition) is 3. The number of Topliss-reactive ketones (excluding diaryl/α,β-unsaturated/α-hetero) is 1. The summed E-state index contributed by atoms with van der Waals surface area (Å²) in [5.74, 6) is 2.06. The minimum Gasteiger partial charge on any atom is -0.395 e. The Bertz CT molecular complexity index is 310. The van der Waals surface area contributed by atoms with Crippen molar-refractivity contribution in [1.29, 1.82) is 0 Å². The molecule has 3 nitrogen and oxygen atoms in total.